The minimum absolute atomic E-state index is 0.00317. The molecule has 30 heavy (non-hydrogen) atoms. The van der Waals surface area contributed by atoms with E-state index in [9.17, 15) is 22.4 Å². The zero-order valence-electron chi connectivity index (χ0n) is 17.9. The van der Waals surface area contributed by atoms with E-state index in [1.54, 1.807) is 6.92 Å². The molecule has 1 aliphatic heterocycles. The molecule has 4 aliphatic rings. The molecule has 7 atom stereocenters. The summed E-state index contributed by atoms with van der Waals surface area (Å²) in [6.07, 6.45) is 4.03. The van der Waals surface area contributed by atoms with Crippen LogP contribution in [0.2, 0.25) is 0 Å². The highest BCUT2D eigenvalue weighted by Gasteiger charge is 2.50. The van der Waals surface area contributed by atoms with Gasteiger partial charge in [0.2, 0.25) is 21.8 Å². The van der Waals surface area contributed by atoms with Crippen LogP contribution in [0.4, 0.5) is 4.39 Å². The molecule has 3 aliphatic carbocycles. The highest BCUT2D eigenvalue weighted by atomic mass is 32.2. The molecule has 3 saturated carbocycles. The number of hydrogen-bond donors (Lipinski definition) is 1. The first-order valence-electron chi connectivity index (χ1n) is 11.3. The van der Waals surface area contributed by atoms with Crippen LogP contribution in [0.3, 0.4) is 0 Å². The Bertz CT molecular complexity index is 802. The van der Waals surface area contributed by atoms with Crippen LogP contribution < -0.4 is 5.14 Å². The van der Waals surface area contributed by atoms with Gasteiger partial charge in [0.1, 0.15) is 11.4 Å². The molecular formula is C21H34FN3O4S. The van der Waals surface area contributed by atoms with Crippen molar-refractivity contribution in [3.63, 3.8) is 0 Å². The molecule has 0 aromatic rings. The monoisotopic (exact) mass is 443 g/mol. The molecule has 4 fully saturated rings. The van der Waals surface area contributed by atoms with Gasteiger partial charge in [0.05, 0.1) is 12.1 Å². The standard InChI is InChI=1S/C21H34FN3O4S/c1-12-11-24(21(27)14-3-4-14)19-10-16(5-7-18(19)25(12)13(2)26)15-6-8-20(17(22)9-15)30(23,28)29/h12,14-20H,3-11H2,1-2H3,(H2,23,28,29)/t12-,15?,16?,17?,18?,19?,20?/m0/s1. The maximum absolute atomic E-state index is 14.6. The molecule has 4 rings (SSSR count). The summed E-state index contributed by atoms with van der Waals surface area (Å²) < 4.78 is 37.9. The van der Waals surface area contributed by atoms with E-state index in [-0.39, 0.29) is 60.5 Å². The summed E-state index contributed by atoms with van der Waals surface area (Å²) in [7, 11) is -3.87. The number of nitrogens with two attached hydrogens (primary N) is 1. The second kappa shape index (κ2) is 8.04. The van der Waals surface area contributed by atoms with E-state index in [4.69, 9.17) is 5.14 Å². The van der Waals surface area contributed by atoms with Crippen LogP contribution in [0.15, 0.2) is 0 Å². The Morgan fingerprint density at radius 2 is 1.60 bits per heavy atom. The fraction of sp³-hybridized carbons (Fsp3) is 0.905. The molecular weight excluding hydrogens is 409 g/mol. The first kappa shape index (κ1) is 22.0. The van der Waals surface area contributed by atoms with E-state index < -0.39 is 21.4 Å². The molecule has 7 nitrogen and oxygen atoms in total. The van der Waals surface area contributed by atoms with Crippen molar-refractivity contribution in [1.29, 1.82) is 0 Å². The average molecular weight is 444 g/mol. The molecule has 0 bridgehead atoms. The number of primary sulfonamides is 1. The lowest BCUT2D eigenvalue weighted by Crippen LogP contribution is -2.67. The van der Waals surface area contributed by atoms with Gasteiger partial charge in [-0.15, -0.1) is 0 Å². The smallest absolute Gasteiger partial charge is 0.226 e. The quantitative estimate of drug-likeness (QED) is 0.719. The van der Waals surface area contributed by atoms with Gasteiger partial charge in [0.25, 0.3) is 0 Å². The van der Waals surface area contributed by atoms with Gasteiger partial charge in [-0.1, -0.05) is 0 Å². The van der Waals surface area contributed by atoms with Crippen molar-refractivity contribution in [2.45, 2.75) is 94.8 Å². The third-order valence-electron chi connectivity index (χ3n) is 7.93. The maximum atomic E-state index is 14.6. The first-order valence-corrected chi connectivity index (χ1v) is 12.9. The van der Waals surface area contributed by atoms with E-state index in [1.807, 2.05) is 16.7 Å². The maximum Gasteiger partial charge on any atom is 0.226 e. The largest absolute Gasteiger partial charge is 0.335 e. The van der Waals surface area contributed by atoms with Crippen molar-refractivity contribution in [2.75, 3.05) is 6.54 Å². The molecule has 0 spiro atoms. The molecule has 1 heterocycles. The highest BCUT2D eigenvalue weighted by Crippen LogP contribution is 2.45. The normalized spacial score (nSPS) is 40.1. The Morgan fingerprint density at radius 1 is 0.967 bits per heavy atom. The average Bonchev–Trinajstić information content (AvgIpc) is 3.50. The predicted octanol–water partition coefficient (Wildman–Crippen LogP) is 1.81. The van der Waals surface area contributed by atoms with Crippen LogP contribution >= 0.6 is 0 Å². The van der Waals surface area contributed by atoms with Crippen LogP contribution in [-0.2, 0) is 19.6 Å². The lowest BCUT2D eigenvalue weighted by molar-refractivity contribution is -0.155. The van der Waals surface area contributed by atoms with Crippen LogP contribution in [-0.4, -0.2) is 66.1 Å². The number of nitrogens with zero attached hydrogens (tertiary/aromatic N) is 2. The van der Waals surface area contributed by atoms with Gasteiger partial charge in [-0.2, -0.15) is 0 Å². The SMILES string of the molecule is CC(=O)N1C2CCC(C3CCC(S(N)(=O)=O)C(F)C3)CC2N(C(=O)C2CC2)C[C@@H]1C. The van der Waals surface area contributed by atoms with Gasteiger partial charge in [0.15, 0.2) is 0 Å². The zero-order chi connectivity index (χ0) is 21.8. The number of alkyl halides is 1. The summed E-state index contributed by atoms with van der Waals surface area (Å²) in [6.45, 7) is 4.17. The molecule has 0 aromatic heterocycles. The minimum Gasteiger partial charge on any atom is -0.335 e. The first-order chi connectivity index (χ1) is 14.1. The van der Waals surface area contributed by atoms with Gasteiger partial charge in [-0.25, -0.2) is 17.9 Å². The summed E-state index contributed by atoms with van der Waals surface area (Å²) in [6, 6.07) is 0.00142. The van der Waals surface area contributed by atoms with E-state index in [0.717, 1.165) is 32.1 Å². The number of carbonyl (C=O) groups excluding carboxylic acids is 2. The molecule has 9 heteroatoms. The molecule has 1 saturated heterocycles. The van der Waals surface area contributed by atoms with Gasteiger partial charge < -0.3 is 9.80 Å². The summed E-state index contributed by atoms with van der Waals surface area (Å²) in [5.41, 5.74) is 0. The van der Waals surface area contributed by atoms with Gasteiger partial charge in [0, 0.05) is 25.4 Å². The minimum atomic E-state index is -3.87. The molecule has 6 unspecified atom stereocenters. The Labute approximate surface area is 178 Å². The van der Waals surface area contributed by atoms with Crippen molar-refractivity contribution >= 4 is 21.8 Å². The van der Waals surface area contributed by atoms with Gasteiger partial charge in [-0.3, -0.25) is 9.59 Å². The van der Waals surface area contributed by atoms with Gasteiger partial charge in [-0.05, 0) is 70.1 Å². The number of amides is 2. The molecule has 0 aromatic carbocycles. The zero-order valence-corrected chi connectivity index (χ0v) is 18.7. The van der Waals surface area contributed by atoms with Gasteiger partial charge >= 0.3 is 0 Å². The predicted molar refractivity (Wildman–Crippen MR) is 110 cm³/mol. The van der Waals surface area contributed by atoms with Crippen molar-refractivity contribution < 1.29 is 22.4 Å². The fourth-order valence-corrected chi connectivity index (χ4v) is 7.35. The van der Waals surface area contributed by atoms with Crippen LogP contribution in [0.25, 0.3) is 0 Å². The number of halogens is 1. The van der Waals surface area contributed by atoms with Crippen molar-refractivity contribution in [3.05, 3.63) is 0 Å². The topological polar surface area (TPSA) is 101 Å². The van der Waals surface area contributed by atoms with Crippen LogP contribution in [0.1, 0.15) is 65.2 Å². The van der Waals surface area contributed by atoms with Crippen LogP contribution in [0, 0.1) is 17.8 Å². The molecule has 0 radical (unpaired) electrons. The third-order valence-corrected chi connectivity index (χ3v) is 9.31. The second-order valence-electron chi connectivity index (χ2n) is 9.96. The Balaban J connectivity index is 1.50. The third kappa shape index (κ3) is 4.11. The molecule has 170 valence electrons. The fourth-order valence-electron chi connectivity index (χ4n) is 6.36. The Morgan fingerprint density at radius 3 is 2.17 bits per heavy atom. The number of fused-ring (bicyclic) bond motifs is 1. The number of rotatable bonds is 3. The highest BCUT2D eigenvalue weighted by molar-refractivity contribution is 7.89. The number of carbonyl (C=O) groups is 2. The number of piperazine rings is 1. The summed E-state index contributed by atoms with van der Waals surface area (Å²) >= 11 is 0. The summed E-state index contributed by atoms with van der Waals surface area (Å²) in [4.78, 5) is 29.3. The van der Waals surface area contributed by atoms with Crippen molar-refractivity contribution in [2.24, 2.45) is 22.9 Å². The lowest BCUT2D eigenvalue weighted by Gasteiger charge is -2.55. The van der Waals surface area contributed by atoms with E-state index in [1.165, 1.54) is 0 Å². The van der Waals surface area contributed by atoms with E-state index in [2.05, 4.69) is 0 Å². The van der Waals surface area contributed by atoms with Crippen molar-refractivity contribution in [1.82, 2.24) is 9.80 Å². The molecule has 2 N–H and O–H groups in total. The Hall–Kier alpha value is -1.22. The molecule has 2 amide bonds. The second-order valence-corrected chi connectivity index (χ2v) is 11.7. The van der Waals surface area contributed by atoms with Crippen LogP contribution in [0.5, 0.6) is 0 Å². The summed E-state index contributed by atoms with van der Waals surface area (Å²) in [5.74, 6) is 0.723. The number of hydrogen-bond acceptors (Lipinski definition) is 4. The van der Waals surface area contributed by atoms with E-state index in [0.29, 0.717) is 13.0 Å². The van der Waals surface area contributed by atoms with Crippen molar-refractivity contribution in [3.8, 4) is 0 Å². The lowest BCUT2D eigenvalue weighted by atomic mass is 9.69. The van der Waals surface area contributed by atoms with E-state index >= 15 is 0 Å². The summed E-state index contributed by atoms with van der Waals surface area (Å²) in [5, 5.41) is 4.11. The number of sulfonamides is 1. The Kier molecular flexibility index (Phi) is 5.89.